The molecule has 0 aliphatic carbocycles. The van der Waals surface area contributed by atoms with Gasteiger partial charge in [0.05, 0.1) is 11.4 Å². The first-order valence-electron chi connectivity index (χ1n) is 9.19. The standard InChI is InChI=1S/C19H26N6O2/c1-4-6-15-23-13(9-14(24-15)17(20)26)16-12(8-7-11(3)5-2)10-22-19(25-16)18(21)27/h9-11H,4-8H2,1-3H3,(H2,20,26)(H2,21,27). The summed E-state index contributed by atoms with van der Waals surface area (Å²) in [5, 5.41) is 0. The smallest absolute Gasteiger partial charge is 0.286 e. The number of hydrogen-bond acceptors (Lipinski definition) is 6. The van der Waals surface area contributed by atoms with E-state index >= 15 is 0 Å². The molecule has 2 heterocycles. The number of nitrogens with two attached hydrogens (primary N) is 2. The quantitative estimate of drug-likeness (QED) is 0.693. The Balaban J connectivity index is 2.57. The third kappa shape index (κ3) is 5.29. The number of primary amides is 2. The molecule has 1 unspecified atom stereocenters. The zero-order valence-electron chi connectivity index (χ0n) is 16.0. The molecule has 0 aromatic carbocycles. The van der Waals surface area contributed by atoms with E-state index < -0.39 is 11.8 Å². The summed E-state index contributed by atoms with van der Waals surface area (Å²) >= 11 is 0. The molecule has 0 bridgehead atoms. The van der Waals surface area contributed by atoms with Crippen LogP contribution in [0, 0.1) is 5.92 Å². The van der Waals surface area contributed by atoms with E-state index in [-0.39, 0.29) is 11.5 Å². The Morgan fingerprint density at radius 1 is 1.07 bits per heavy atom. The number of rotatable bonds is 9. The number of hydrogen-bond donors (Lipinski definition) is 2. The van der Waals surface area contributed by atoms with Crippen LogP contribution in [0.1, 0.15) is 72.5 Å². The molecule has 0 fully saturated rings. The first kappa shape index (κ1) is 20.4. The molecule has 2 aromatic rings. The maximum absolute atomic E-state index is 11.7. The van der Waals surface area contributed by atoms with Crippen LogP contribution < -0.4 is 11.5 Å². The molecule has 2 amide bonds. The van der Waals surface area contributed by atoms with Gasteiger partial charge in [0.15, 0.2) is 0 Å². The SMILES string of the molecule is CCCc1nc(C(N)=O)cc(-c2nc(C(N)=O)ncc2CCC(C)CC)n1. The van der Waals surface area contributed by atoms with Crippen LogP contribution in [0.25, 0.3) is 11.4 Å². The van der Waals surface area contributed by atoms with E-state index in [0.29, 0.717) is 29.6 Å². The van der Waals surface area contributed by atoms with Gasteiger partial charge in [-0.05, 0) is 36.8 Å². The minimum absolute atomic E-state index is 0.0893. The number of nitrogens with zero attached hydrogens (tertiary/aromatic N) is 4. The fraction of sp³-hybridized carbons (Fsp3) is 0.474. The molecule has 0 saturated carbocycles. The van der Waals surface area contributed by atoms with Crippen LogP contribution in [0.5, 0.6) is 0 Å². The minimum Gasteiger partial charge on any atom is -0.364 e. The summed E-state index contributed by atoms with van der Waals surface area (Å²) in [5.74, 6) is -0.399. The highest BCUT2D eigenvalue weighted by Crippen LogP contribution is 2.23. The lowest BCUT2D eigenvalue weighted by atomic mass is 9.98. The van der Waals surface area contributed by atoms with Gasteiger partial charge >= 0.3 is 0 Å². The van der Waals surface area contributed by atoms with Crippen LogP contribution in [0.3, 0.4) is 0 Å². The van der Waals surface area contributed by atoms with E-state index in [1.165, 1.54) is 6.07 Å². The van der Waals surface area contributed by atoms with Gasteiger partial charge in [0.25, 0.3) is 11.8 Å². The predicted molar refractivity (Wildman–Crippen MR) is 102 cm³/mol. The lowest BCUT2D eigenvalue weighted by Crippen LogP contribution is -2.18. The number of amides is 2. The first-order chi connectivity index (χ1) is 12.8. The second-order valence-corrected chi connectivity index (χ2v) is 6.65. The monoisotopic (exact) mass is 370 g/mol. The Kier molecular flexibility index (Phi) is 6.92. The Bertz CT molecular complexity index is 837. The van der Waals surface area contributed by atoms with Gasteiger partial charge in [0.2, 0.25) is 5.82 Å². The summed E-state index contributed by atoms with van der Waals surface area (Å²) in [6, 6.07) is 1.50. The summed E-state index contributed by atoms with van der Waals surface area (Å²) < 4.78 is 0. The second-order valence-electron chi connectivity index (χ2n) is 6.65. The van der Waals surface area contributed by atoms with Crippen LogP contribution in [-0.4, -0.2) is 31.8 Å². The van der Waals surface area contributed by atoms with Gasteiger partial charge in [-0.1, -0.05) is 27.2 Å². The van der Waals surface area contributed by atoms with Gasteiger partial charge in [-0.2, -0.15) is 0 Å². The molecule has 0 aliphatic heterocycles. The van der Waals surface area contributed by atoms with Crippen molar-refractivity contribution in [2.75, 3.05) is 0 Å². The topological polar surface area (TPSA) is 138 Å². The molecule has 8 heteroatoms. The third-order valence-corrected chi connectivity index (χ3v) is 4.43. The van der Waals surface area contributed by atoms with Crippen molar-refractivity contribution in [1.29, 1.82) is 0 Å². The Morgan fingerprint density at radius 2 is 1.81 bits per heavy atom. The van der Waals surface area contributed by atoms with Crippen LogP contribution in [0.4, 0.5) is 0 Å². The fourth-order valence-corrected chi connectivity index (χ4v) is 2.62. The van der Waals surface area contributed by atoms with Crippen molar-refractivity contribution in [2.45, 2.75) is 52.9 Å². The summed E-state index contributed by atoms with van der Waals surface area (Å²) in [6.45, 7) is 6.31. The summed E-state index contributed by atoms with van der Waals surface area (Å²) in [6.07, 6.45) is 5.76. The molecule has 2 aromatic heterocycles. The van der Waals surface area contributed by atoms with Crippen molar-refractivity contribution in [1.82, 2.24) is 19.9 Å². The largest absolute Gasteiger partial charge is 0.364 e. The van der Waals surface area contributed by atoms with Crippen LogP contribution in [0.2, 0.25) is 0 Å². The Labute approximate surface area is 158 Å². The van der Waals surface area contributed by atoms with Gasteiger partial charge in [-0.15, -0.1) is 0 Å². The third-order valence-electron chi connectivity index (χ3n) is 4.43. The maximum atomic E-state index is 11.7. The molecular formula is C19H26N6O2. The highest BCUT2D eigenvalue weighted by Gasteiger charge is 2.17. The average Bonchev–Trinajstić information content (AvgIpc) is 2.65. The van der Waals surface area contributed by atoms with Crippen molar-refractivity contribution in [3.63, 3.8) is 0 Å². The van der Waals surface area contributed by atoms with E-state index in [1.54, 1.807) is 6.20 Å². The highest BCUT2D eigenvalue weighted by molar-refractivity contribution is 5.92. The summed E-state index contributed by atoms with van der Waals surface area (Å²) in [5.41, 5.74) is 12.7. The predicted octanol–water partition coefficient (Wildman–Crippen LogP) is 2.06. The molecule has 0 radical (unpaired) electrons. The molecule has 4 N–H and O–H groups in total. The summed E-state index contributed by atoms with van der Waals surface area (Å²) in [4.78, 5) is 40.3. The van der Waals surface area contributed by atoms with Crippen LogP contribution in [-0.2, 0) is 12.8 Å². The van der Waals surface area contributed by atoms with Gasteiger partial charge < -0.3 is 11.5 Å². The molecule has 8 nitrogen and oxygen atoms in total. The van der Waals surface area contributed by atoms with E-state index in [1.807, 2.05) is 6.92 Å². The normalized spacial score (nSPS) is 12.0. The van der Waals surface area contributed by atoms with Gasteiger partial charge in [-0.25, -0.2) is 19.9 Å². The number of aryl methyl sites for hydroxylation is 2. The van der Waals surface area contributed by atoms with Gasteiger partial charge in [-0.3, -0.25) is 9.59 Å². The number of aromatic nitrogens is 4. The zero-order valence-corrected chi connectivity index (χ0v) is 16.0. The average molecular weight is 370 g/mol. The molecule has 0 spiro atoms. The summed E-state index contributed by atoms with van der Waals surface area (Å²) in [7, 11) is 0. The van der Waals surface area contributed by atoms with Gasteiger partial charge in [0.1, 0.15) is 11.5 Å². The van der Waals surface area contributed by atoms with Crippen LogP contribution in [0.15, 0.2) is 12.3 Å². The first-order valence-corrected chi connectivity index (χ1v) is 9.19. The number of carbonyl (C=O) groups excluding carboxylic acids is 2. The fourth-order valence-electron chi connectivity index (χ4n) is 2.62. The molecule has 0 saturated heterocycles. The number of carbonyl (C=O) groups is 2. The van der Waals surface area contributed by atoms with Crippen molar-refractivity contribution < 1.29 is 9.59 Å². The lowest BCUT2D eigenvalue weighted by Gasteiger charge is -2.13. The molecular weight excluding hydrogens is 344 g/mol. The van der Waals surface area contributed by atoms with E-state index in [2.05, 4.69) is 33.8 Å². The van der Waals surface area contributed by atoms with E-state index in [4.69, 9.17) is 11.5 Å². The van der Waals surface area contributed by atoms with Gasteiger partial charge in [0, 0.05) is 12.6 Å². The molecule has 1 atom stereocenters. The minimum atomic E-state index is -0.720. The van der Waals surface area contributed by atoms with Crippen LogP contribution >= 0.6 is 0 Å². The second kappa shape index (κ2) is 9.16. The van der Waals surface area contributed by atoms with Crippen molar-refractivity contribution in [3.05, 3.63) is 35.2 Å². The Hall–Kier alpha value is -2.90. The van der Waals surface area contributed by atoms with Crippen molar-refractivity contribution >= 4 is 11.8 Å². The molecule has 144 valence electrons. The maximum Gasteiger partial charge on any atom is 0.286 e. The Morgan fingerprint density at radius 3 is 2.41 bits per heavy atom. The van der Waals surface area contributed by atoms with E-state index in [0.717, 1.165) is 31.2 Å². The van der Waals surface area contributed by atoms with Crippen molar-refractivity contribution in [2.24, 2.45) is 17.4 Å². The molecule has 2 rings (SSSR count). The molecule has 27 heavy (non-hydrogen) atoms. The van der Waals surface area contributed by atoms with E-state index in [9.17, 15) is 9.59 Å². The lowest BCUT2D eigenvalue weighted by molar-refractivity contribution is 0.0984. The molecule has 0 aliphatic rings. The zero-order chi connectivity index (χ0) is 20.0. The van der Waals surface area contributed by atoms with Crippen molar-refractivity contribution in [3.8, 4) is 11.4 Å². The highest BCUT2D eigenvalue weighted by atomic mass is 16.1.